The summed E-state index contributed by atoms with van der Waals surface area (Å²) in [6, 6.07) is -3.49. The van der Waals surface area contributed by atoms with E-state index in [1.165, 1.54) is 18.6 Å². The van der Waals surface area contributed by atoms with Crippen molar-refractivity contribution in [1.82, 2.24) is 9.62 Å². The lowest BCUT2D eigenvalue weighted by Crippen LogP contribution is -2.71. The number of amides is 1. The van der Waals surface area contributed by atoms with Gasteiger partial charge in [0.2, 0.25) is 21.7 Å². The van der Waals surface area contributed by atoms with Crippen LogP contribution < -0.4 is 4.72 Å². The minimum Gasteiger partial charge on any atom is -0.480 e. The number of carbonyl (C=O) groups excluding carboxylic acids is 1. The molecule has 3 rings (SSSR count). The number of sulfonamides is 1. The predicted octanol–water partition coefficient (Wildman–Crippen LogP) is 0.191. The molecule has 0 aromatic heterocycles. The molecule has 2 fully saturated rings. The van der Waals surface area contributed by atoms with Crippen LogP contribution in [-0.2, 0) is 30.4 Å². The van der Waals surface area contributed by atoms with Crippen molar-refractivity contribution in [1.29, 1.82) is 0 Å². The van der Waals surface area contributed by atoms with Gasteiger partial charge in [-0.05, 0) is 13.8 Å². The summed E-state index contributed by atoms with van der Waals surface area (Å²) in [5, 5.41) is 7.77. The maximum Gasteiger partial charge on any atom is 0.328 e. The maximum absolute atomic E-state index is 13.8. The molecule has 8 nitrogen and oxygen atoms in total. The first-order chi connectivity index (χ1) is 13.2. The van der Waals surface area contributed by atoms with Crippen molar-refractivity contribution in [2.24, 2.45) is 0 Å². The van der Waals surface area contributed by atoms with Gasteiger partial charge in [0.25, 0.3) is 0 Å². The van der Waals surface area contributed by atoms with Gasteiger partial charge < -0.3 is 10.0 Å². The van der Waals surface area contributed by atoms with Crippen LogP contribution >= 0.6 is 0 Å². The SMILES string of the molecule is CC1(C)[C@H](C(=O)O)N2C(=O)[C@@H](NS(=O)(=O)c3c(F)c(F)c(F)c(F)c3F)[C@H]2[S@]1=O. The molecule has 0 spiro atoms. The number of halogens is 5. The number of carboxylic acid groups (broad SMARTS) is 1. The number of aliphatic carboxylic acids is 1. The molecule has 29 heavy (non-hydrogen) atoms. The molecular formula is C14H11F5N2O6S2. The average molecular weight is 462 g/mol. The van der Waals surface area contributed by atoms with Crippen LogP contribution in [0.2, 0.25) is 0 Å². The lowest BCUT2D eigenvalue weighted by Gasteiger charge is -2.42. The Hall–Kier alpha value is -2.13. The van der Waals surface area contributed by atoms with Crippen molar-refractivity contribution in [2.45, 2.75) is 40.9 Å². The fourth-order valence-corrected chi connectivity index (χ4v) is 6.65. The molecule has 160 valence electrons. The molecule has 0 bridgehead atoms. The number of hydrogen-bond donors (Lipinski definition) is 2. The van der Waals surface area contributed by atoms with E-state index in [0.29, 0.717) is 4.90 Å². The summed E-state index contributed by atoms with van der Waals surface area (Å²) in [4.78, 5) is 22.1. The van der Waals surface area contributed by atoms with Crippen molar-refractivity contribution in [3.05, 3.63) is 29.1 Å². The van der Waals surface area contributed by atoms with E-state index >= 15 is 0 Å². The zero-order valence-corrected chi connectivity index (χ0v) is 16.0. The molecule has 2 heterocycles. The number of carboxylic acids is 1. The number of nitrogens with zero attached hydrogens (tertiary/aromatic N) is 1. The van der Waals surface area contributed by atoms with Gasteiger partial charge in [-0.15, -0.1) is 0 Å². The van der Waals surface area contributed by atoms with Gasteiger partial charge >= 0.3 is 5.97 Å². The second-order valence-electron chi connectivity index (χ2n) is 6.78. The maximum atomic E-state index is 13.8. The number of fused-ring (bicyclic) bond motifs is 1. The monoisotopic (exact) mass is 462 g/mol. The van der Waals surface area contributed by atoms with Crippen molar-refractivity contribution in [2.75, 3.05) is 0 Å². The Morgan fingerprint density at radius 3 is 1.97 bits per heavy atom. The highest BCUT2D eigenvalue weighted by atomic mass is 32.2. The average Bonchev–Trinajstić information content (AvgIpc) is 2.80. The minimum atomic E-state index is -5.49. The lowest BCUT2D eigenvalue weighted by atomic mass is 9.96. The van der Waals surface area contributed by atoms with E-state index in [4.69, 9.17) is 0 Å². The Balaban J connectivity index is 2.02. The quantitative estimate of drug-likeness (QED) is 0.285. The van der Waals surface area contributed by atoms with Crippen molar-refractivity contribution < 1.29 is 49.3 Å². The third kappa shape index (κ3) is 2.78. The second-order valence-corrected chi connectivity index (χ2v) is 10.6. The molecule has 1 amide bonds. The Kier molecular flexibility index (Phi) is 4.79. The van der Waals surface area contributed by atoms with E-state index < -0.39 is 88.9 Å². The van der Waals surface area contributed by atoms with Crippen LogP contribution in [0.4, 0.5) is 22.0 Å². The van der Waals surface area contributed by atoms with Gasteiger partial charge in [-0.3, -0.25) is 9.00 Å². The van der Waals surface area contributed by atoms with Crippen molar-refractivity contribution in [3.8, 4) is 0 Å². The van der Waals surface area contributed by atoms with Gasteiger partial charge in [-0.2, -0.15) is 4.72 Å². The van der Waals surface area contributed by atoms with Crippen molar-refractivity contribution in [3.63, 3.8) is 0 Å². The summed E-state index contributed by atoms with van der Waals surface area (Å²) >= 11 is 0. The molecule has 2 saturated heterocycles. The van der Waals surface area contributed by atoms with Gasteiger partial charge in [0.1, 0.15) is 17.5 Å². The summed E-state index contributed by atoms with van der Waals surface area (Å²) in [6.45, 7) is 2.51. The molecule has 0 aliphatic carbocycles. The van der Waals surface area contributed by atoms with E-state index in [0.717, 1.165) is 0 Å². The van der Waals surface area contributed by atoms with Gasteiger partial charge in [0.15, 0.2) is 28.2 Å². The number of nitrogens with one attached hydrogen (secondary N) is 1. The normalized spacial score (nSPS) is 28.2. The topological polar surface area (TPSA) is 121 Å². The van der Waals surface area contributed by atoms with Gasteiger partial charge in [-0.25, -0.2) is 35.2 Å². The molecular weight excluding hydrogens is 451 g/mol. The van der Waals surface area contributed by atoms with E-state index in [1.54, 1.807) is 0 Å². The molecule has 2 aliphatic rings. The summed E-state index contributed by atoms with van der Waals surface area (Å²) in [7, 11) is -7.62. The van der Waals surface area contributed by atoms with Crippen LogP contribution in [0, 0.1) is 29.1 Å². The van der Waals surface area contributed by atoms with Crippen LogP contribution in [0.15, 0.2) is 4.90 Å². The third-order valence-electron chi connectivity index (χ3n) is 4.71. The van der Waals surface area contributed by atoms with Crippen LogP contribution in [0.1, 0.15) is 13.8 Å². The molecule has 4 atom stereocenters. The lowest BCUT2D eigenvalue weighted by molar-refractivity contribution is -0.159. The van der Waals surface area contributed by atoms with E-state index in [-0.39, 0.29) is 0 Å². The molecule has 15 heteroatoms. The number of β-lactam (4-membered cyclic amide) rings is 1. The fourth-order valence-electron chi connectivity index (χ4n) is 3.32. The first-order valence-electron chi connectivity index (χ1n) is 7.65. The number of hydrogen-bond acceptors (Lipinski definition) is 5. The molecule has 0 saturated carbocycles. The van der Waals surface area contributed by atoms with Gasteiger partial charge in [0, 0.05) is 0 Å². The third-order valence-corrected chi connectivity index (χ3v) is 8.37. The molecule has 1 aromatic carbocycles. The molecule has 2 N–H and O–H groups in total. The van der Waals surface area contributed by atoms with Gasteiger partial charge in [0.05, 0.1) is 15.5 Å². The van der Waals surface area contributed by atoms with E-state index in [1.807, 2.05) is 0 Å². The molecule has 2 aliphatic heterocycles. The Morgan fingerprint density at radius 1 is 1.07 bits per heavy atom. The Bertz CT molecular complexity index is 1060. The first kappa shape index (κ1) is 21.6. The van der Waals surface area contributed by atoms with E-state index in [9.17, 15) is 49.3 Å². The zero-order valence-electron chi connectivity index (χ0n) is 14.4. The molecule has 1 aromatic rings. The summed E-state index contributed by atoms with van der Waals surface area (Å²) in [6.07, 6.45) is 0. The van der Waals surface area contributed by atoms with Crippen LogP contribution in [-0.4, -0.2) is 56.7 Å². The van der Waals surface area contributed by atoms with E-state index in [2.05, 4.69) is 0 Å². The highest BCUT2D eigenvalue weighted by molar-refractivity contribution is 7.90. The highest BCUT2D eigenvalue weighted by Gasteiger charge is 2.68. The number of benzene rings is 1. The van der Waals surface area contributed by atoms with Crippen LogP contribution in [0.5, 0.6) is 0 Å². The second kappa shape index (κ2) is 6.43. The summed E-state index contributed by atoms with van der Waals surface area (Å²) < 4.78 is 105. The van der Waals surface area contributed by atoms with Crippen molar-refractivity contribution >= 4 is 32.7 Å². The zero-order chi connectivity index (χ0) is 22.2. The fraction of sp³-hybridized carbons (Fsp3) is 0.429. The molecule has 0 radical (unpaired) electrons. The standard InChI is InChI=1S/C14H11F5N2O6S2/c1-14(2)10(13(23)24)21-11(22)8(12(21)28(14)25)20-29(26,27)9-6(18)4(16)3(15)5(17)7(9)19/h8,10,12,20H,1-2H3,(H,23,24)/t8-,10+,12-,28-/m1/s1. The number of carbonyl (C=O) groups is 2. The largest absolute Gasteiger partial charge is 0.480 e. The van der Waals surface area contributed by atoms with Gasteiger partial charge in [-0.1, -0.05) is 0 Å². The summed E-state index contributed by atoms with van der Waals surface area (Å²) in [5.41, 5.74) is 0. The smallest absolute Gasteiger partial charge is 0.328 e. The van der Waals surface area contributed by atoms with Crippen LogP contribution in [0.25, 0.3) is 0 Å². The Morgan fingerprint density at radius 2 is 1.52 bits per heavy atom. The predicted molar refractivity (Wildman–Crippen MR) is 84.6 cm³/mol. The highest BCUT2D eigenvalue weighted by Crippen LogP contribution is 2.44. The van der Waals surface area contributed by atoms with Crippen LogP contribution in [0.3, 0.4) is 0 Å². The molecule has 0 unspecified atom stereocenters. The number of rotatable bonds is 4. The summed E-state index contributed by atoms with van der Waals surface area (Å²) in [5.74, 6) is -15.6. The Labute approximate surface area is 162 Å². The minimum absolute atomic E-state index is 0.643. The first-order valence-corrected chi connectivity index (χ1v) is 10.3.